The summed E-state index contributed by atoms with van der Waals surface area (Å²) in [6.45, 7) is 3.85. The predicted octanol–water partition coefficient (Wildman–Crippen LogP) is 3.79. The zero-order valence-corrected chi connectivity index (χ0v) is 19.2. The number of carbonyl (C=O) groups is 1. The molecule has 1 N–H and O–H groups in total. The van der Waals surface area contributed by atoms with E-state index in [-0.39, 0.29) is 18.3 Å². The third-order valence-corrected chi connectivity index (χ3v) is 6.11. The lowest BCUT2D eigenvalue weighted by Crippen LogP contribution is -2.46. The quantitative estimate of drug-likeness (QED) is 0.442. The van der Waals surface area contributed by atoms with Gasteiger partial charge in [0.25, 0.3) is 5.91 Å². The number of fused-ring (bicyclic) bond motifs is 1. The Bertz CT molecular complexity index is 1280. The van der Waals surface area contributed by atoms with Crippen molar-refractivity contribution in [3.63, 3.8) is 0 Å². The summed E-state index contributed by atoms with van der Waals surface area (Å²) in [5, 5.41) is 3.66. The number of nitrogens with zero attached hydrogens (tertiary/aromatic N) is 4. The molecule has 1 aliphatic heterocycles. The molecule has 1 saturated heterocycles. The number of hydrogen-bond acceptors (Lipinski definition) is 6. The average Bonchev–Trinajstić information content (AvgIpc) is 2.91. The molecule has 0 aliphatic carbocycles. The second kappa shape index (κ2) is 10.4. The molecule has 178 valence electrons. The summed E-state index contributed by atoms with van der Waals surface area (Å²) in [6.07, 6.45) is 1.43. The molecular weight excluding hydrogens is 445 g/mol. The van der Waals surface area contributed by atoms with Crippen LogP contribution in [-0.4, -0.2) is 48.7 Å². The Kier molecular flexibility index (Phi) is 6.70. The summed E-state index contributed by atoms with van der Waals surface area (Å²) >= 11 is 0. The van der Waals surface area contributed by atoms with Crippen LogP contribution in [0, 0.1) is 5.82 Å². The number of aromatic nitrogens is 2. The van der Waals surface area contributed by atoms with Gasteiger partial charge in [-0.15, -0.1) is 0 Å². The van der Waals surface area contributed by atoms with Crippen molar-refractivity contribution >= 4 is 28.2 Å². The van der Waals surface area contributed by atoms with E-state index in [1.165, 1.54) is 18.5 Å². The molecule has 3 aromatic carbocycles. The van der Waals surface area contributed by atoms with Crippen LogP contribution >= 0.6 is 0 Å². The molecule has 0 atom stereocenters. The highest BCUT2D eigenvalue weighted by atomic mass is 19.1. The van der Waals surface area contributed by atoms with Crippen molar-refractivity contribution in [2.75, 3.05) is 42.6 Å². The van der Waals surface area contributed by atoms with Crippen LogP contribution < -0.4 is 19.9 Å². The van der Waals surface area contributed by atoms with Crippen molar-refractivity contribution in [2.45, 2.75) is 6.54 Å². The van der Waals surface area contributed by atoms with Crippen molar-refractivity contribution in [3.8, 4) is 5.88 Å². The second-order valence-corrected chi connectivity index (χ2v) is 8.38. The summed E-state index contributed by atoms with van der Waals surface area (Å²) in [5.74, 6) is -0.0288. The van der Waals surface area contributed by atoms with Crippen LogP contribution in [0.5, 0.6) is 5.88 Å². The number of carbonyl (C=O) groups excluding carboxylic acids is 1. The molecule has 2 heterocycles. The normalized spacial score (nSPS) is 13.6. The van der Waals surface area contributed by atoms with E-state index >= 15 is 0 Å². The average molecular weight is 472 g/mol. The molecule has 1 amide bonds. The van der Waals surface area contributed by atoms with Gasteiger partial charge in [-0.2, -0.15) is 0 Å². The number of rotatable bonds is 7. The highest BCUT2D eigenvalue weighted by Gasteiger charge is 2.17. The Hall–Kier alpha value is -4.20. The lowest BCUT2D eigenvalue weighted by Gasteiger charge is -2.37. The zero-order chi connectivity index (χ0) is 24.0. The van der Waals surface area contributed by atoms with Gasteiger partial charge in [-0.25, -0.2) is 14.4 Å². The first-order valence-electron chi connectivity index (χ1n) is 11.6. The van der Waals surface area contributed by atoms with E-state index in [0.717, 1.165) is 54.0 Å². The van der Waals surface area contributed by atoms with Gasteiger partial charge in [0.15, 0.2) is 6.61 Å². The SMILES string of the molecule is O=C(COc1ncnc2ccccc12)NCc1ccc(N2CCN(c3ccc(F)cc3)CC2)cc1. The standard InChI is InChI=1S/C27H26FN5O2/c28-21-7-11-23(12-8-21)33-15-13-32(14-16-33)22-9-5-20(6-10-22)17-29-26(34)18-35-27-24-3-1-2-4-25(24)30-19-31-27/h1-12,19H,13-18H2,(H,29,34). The van der Waals surface area contributed by atoms with Gasteiger partial charge in [-0.3, -0.25) is 4.79 Å². The Morgan fingerprint density at radius 2 is 1.49 bits per heavy atom. The van der Waals surface area contributed by atoms with Gasteiger partial charge in [0.2, 0.25) is 5.88 Å². The van der Waals surface area contributed by atoms with Crippen molar-refractivity contribution in [1.82, 2.24) is 15.3 Å². The third kappa shape index (κ3) is 5.48. The molecule has 1 aromatic heterocycles. The molecule has 1 aliphatic rings. The van der Waals surface area contributed by atoms with Crippen LogP contribution in [0.2, 0.25) is 0 Å². The summed E-state index contributed by atoms with van der Waals surface area (Å²) in [5.41, 5.74) is 3.99. The van der Waals surface area contributed by atoms with Crippen LogP contribution in [0.1, 0.15) is 5.56 Å². The van der Waals surface area contributed by atoms with E-state index in [4.69, 9.17) is 4.74 Å². The minimum Gasteiger partial charge on any atom is -0.467 e. The topological polar surface area (TPSA) is 70.6 Å². The van der Waals surface area contributed by atoms with E-state index in [1.807, 2.05) is 48.5 Å². The summed E-state index contributed by atoms with van der Waals surface area (Å²) in [4.78, 5) is 25.2. The lowest BCUT2D eigenvalue weighted by atomic mass is 10.1. The number of hydrogen-bond donors (Lipinski definition) is 1. The molecule has 1 fully saturated rings. The fourth-order valence-corrected chi connectivity index (χ4v) is 4.18. The molecule has 0 radical (unpaired) electrons. The second-order valence-electron chi connectivity index (χ2n) is 8.38. The molecule has 5 rings (SSSR count). The number of ether oxygens (including phenoxy) is 1. The van der Waals surface area contributed by atoms with E-state index in [9.17, 15) is 9.18 Å². The number of benzene rings is 3. The van der Waals surface area contributed by atoms with E-state index < -0.39 is 0 Å². The minimum atomic E-state index is -0.214. The highest BCUT2D eigenvalue weighted by molar-refractivity contribution is 5.84. The zero-order valence-electron chi connectivity index (χ0n) is 19.2. The van der Waals surface area contributed by atoms with E-state index in [0.29, 0.717) is 12.4 Å². The maximum Gasteiger partial charge on any atom is 0.258 e. The highest BCUT2D eigenvalue weighted by Crippen LogP contribution is 2.22. The number of halogens is 1. The van der Waals surface area contributed by atoms with Crippen LogP contribution in [0.15, 0.2) is 79.1 Å². The summed E-state index contributed by atoms with van der Waals surface area (Å²) < 4.78 is 18.8. The van der Waals surface area contributed by atoms with E-state index in [2.05, 4.69) is 37.2 Å². The first-order valence-corrected chi connectivity index (χ1v) is 11.6. The number of nitrogens with one attached hydrogen (secondary N) is 1. The smallest absolute Gasteiger partial charge is 0.258 e. The first-order chi connectivity index (χ1) is 17.2. The van der Waals surface area contributed by atoms with Gasteiger partial charge in [0.1, 0.15) is 12.1 Å². The molecule has 0 unspecified atom stereocenters. The molecule has 35 heavy (non-hydrogen) atoms. The maximum absolute atomic E-state index is 13.2. The fourth-order valence-electron chi connectivity index (χ4n) is 4.18. The van der Waals surface area contributed by atoms with Gasteiger partial charge in [0, 0.05) is 44.1 Å². The summed E-state index contributed by atoms with van der Waals surface area (Å²) in [7, 11) is 0. The van der Waals surface area contributed by atoms with Gasteiger partial charge < -0.3 is 19.9 Å². The Labute approximate surface area is 203 Å². The minimum absolute atomic E-state index is 0.114. The Morgan fingerprint density at radius 1 is 0.857 bits per heavy atom. The van der Waals surface area contributed by atoms with Crippen molar-refractivity contribution in [2.24, 2.45) is 0 Å². The molecule has 0 saturated carbocycles. The molecule has 7 nitrogen and oxygen atoms in total. The van der Waals surface area contributed by atoms with Gasteiger partial charge in [-0.05, 0) is 54.1 Å². The Morgan fingerprint density at radius 3 is 2.17 bits per heavy atom. The summed E-state index contributed by atoms with van der Waals surface area (Å²) in [6, 6.07) is 22.4. The number of para-hydroxylation sites is 1. The Balaban J connectivity index is 1.09. The molecule has 4 aromatic rings. The number of piperazine rings is 1. The number of amides is 1. The van der Waals surface area contributed by atoms with Gasteiger partial charge in [-0.1, -0.05) is 24.3 Å². The molecule has 8 heteroatoms. The van der Waals surface area contributed by atoms with Crippen molar-refractivity contribution in [1.29, 1.82) is 0 Å². The monoisotopic (exact) mass is 471 g/mol. The number of anilines is 2. The van der Waals surface area contributed by atoms with Crippen molar-refractivity contribution < 1.29 is 13.9 Å². The van der Waals surface area contributed by atoms with Crippen LogP contribution in [0.25, 0.3) is 10.9 Å². The third-order valence-electron chi connectivity index (χ3n) is 6.11. The van der Waals surface area contributed by atoms with Crippen LogP contribution in [0.4, 0.5) is 15.8 Å². The lowest BCUT2D eigenvalue weighted by molar-refractivity contribution is -0.123. The van der Waals surface area contributed by atoms with Gasteiger partial charge in [0.05, 0.1) is 10.9 Å². The van der Waals surface area contributed by atoms with Gasteiger partial charge >= 0.3 is 0 Å². The molecular formula is C27H26FN5O2. The van der Waals surface area contributed by atoms with Crippen molar-refractivity contribution in [3.05, 3.63) is 90.5 Å². The molecule has 0 spiro atoms. The predicted molar refractivity (Wildman–Crippen MR) is 134 cm³/mol. The largest absolute Gasteiger partial charge is 0.467 e. The van der Waals surface area contributed by atoms with Crippen LogP contribution in [-0.2, 0) is 11.3 Å². The van der Waals surface area contributed by atoms with E-state index in [1.54, 1.807) is 0 Å². The maximum atomic E-state index is 13.2. The first kappa shape index (κ1) is 22.6. The molecule has 0 bridgehead atoms. The van der Waals surface area contributed by atoms with Crippen LogP contribution in [0.3, 0.4) is 0 Å². The fraction of sp³-hybridized carbons (Fsp3) is 0.222.